The molecule has 1 spiro atoms. The second-order valence-electron chi connectivity index (χ2n) is 7.64. The van der Waals surface area contributed by atoms with Crippen LogP contribution in [0.5, 0.6) is 0 Å². The molecule has 0 radical (unpaired) electrons. The smallest absolute Gasteiger partial charge is 0.246 e. The van der Waals surface area contributed by atoms with Gasteiger partial charge in [0, 0.05) is 51.3 Å². The fourth-order valence-electron chi connectivity index (χ4n) is 4.61. The average molecular weight is 345 g/mol. The molecule has 0 bridgehead atoms. The van der Waals surface area contributed by atoms with Crippen LogP contribution in [0.15, 0.2) is 6.33 Å². The van der Waals surface area contributed by atoms with E-state index in [4.69, 9.17) is 0 Å². The highest BCUT2D eigenvalue weighted by Gasteiger charge is 2.42. The van der Waals surface area contributed by atoms with E-state index in [0.717, 1.165) is 69.8 Å². The van der Waals surface area contributed by atoms with Gasteiger partial charge in [0.25, 0.3) is 0 Å². The SMILES string of the molecule is CCN1CC2(CCC1=O)CCN(C(=O)[C@@H]1NCCc3[nH]cnc31)CC2. The van der Waals surface area contributed by atoms with E-state index in [1.807, 2.05) is 16.7 Å². The standard InChI is InChI=1S/C18H27N5O2/c1-2-22-11-18(5-3-14(22)24)6-9-23(10-7-18)17(25)16-15-13(4-8-19-16)20-12-21-15/h12,16,19H,2-11H2,1H3,(H,20,21)/t16-/m1/s1. The van der Waals surface area contributed by atoms with Gasteiger partial charge in [0.05, 0.1) is 12.0 Å². The van der Waals surface area contributed by atoms with E-state index in [2.05, 4.69) is 15.3 Å². The first-order valence-electron chi connectivity index (χ1n) is 9.44. The highest BCUT2D eigenvalue weighted by molar-refractivity contribution is 5.83. The molecule has 7 heteroatoms. The zero-order valence-electron chi connectivity index (χ0n) is 14.9. The topological polar surface area (TPSA) is 81.3 Å². The lowest BCUT2D eigenvalue weighted by Crippen LogP contribution is -2.54. The van der Waals surface area contributed by atoms with Gasteiger partial charge in [-0.1, -0.05) is 0 Å². The minimum Gasteiger partial charge on any atom is -0.348 e. The van der Waals surface area contributed by atoms with Crippen LogP contribution in [-0.2, 0) is 16.0 Å². The summed E-state index contributed by atoms with van der Waals surface area (Å²) in [4.78, 5) is 36.4. The number of aromatic amines is 1. The van der Waals surface area contributed by atoms with Gasteiger partial charge in [-0.15, -0.1) is 0 Å². The van der Waals surface area contributed by atoms with E-state index < -0.39 is 0 Å². The summed E-state index contributed by atoms with van der Waals surface area (Å²) in [6.45, 7) is 6.06. The predicted molar refractivity (Wildman–Crippen MR) is 92.8 cm³/mol. The molecule has 0 aliphatic carbocycles. The molecule has 0 aromatic carbocycles. The molecular weight excluding hydrogens is 318 g/mol. The summed E-state index contributed by atoms with van der Waals surface area (Å²) in [6, 6.07) is -0.316. The Morgan fingerprint density at radius 1 is 1.32 bits per heavy atom. The number of hydrogen-bond donors (Lipinski definition) is 2. The summed E-state index contributed by atoms with van der Waals surface area (Å²) in [5.41, 5.74) is 2.14. The summed E-state index contributed by atoms with van der Waals surface area (Å²) in [6.07, 6.45) is 6.17. The van der Waals surface area contributed by atoms with Crippen LogP contribution >= 0.6 is 0 Å². The van der Waals surface area contributed by atoms with Gasteiger partial charge in [-0.2, -0.15) is 0 Å². The maximum atomic E-state index is 13.0. The summed E-state index contributed by atoms with van der Waals surface area (Å²) >= 11 is 0. The van der Waals surface area contributed by atoms with E-state index in [9.17, 15) is 9.59 Å². The Labute approximate surface area is 148 Å². The van der Waals surface area contributed by atoms with Crippen LogP contribution in [0.25, 0.3) is 0 Å². The lowest BCUT2D eigenvalue weighted by Gasteiger charge is -2.47. The van der Waals surface area contributed by atoms with Crippen molar-refractivity contribution in [2.24, 2.45) is 5.41 Å². The fourth-order valence-corrected chi connectivity index (χ4v) is 4.61. The number of fused-ring (bicyclic) bond motifs is 1. The molecule has 2 N–H and O–H groups in total. The van der Waals surface area contributed by atoms with Gasteiger partial charge in [-0.05, 0) is 31.6 Å². The minimum absolute atomic E-state index is 0.141. The van der Waals surface area contributed by atoms with Crippen LogP contribution in [0.1, 0.15) is 50.0 Å². The number of rotatable bonds is 2. The van der Waals surface area contributed by atoms with Gasteiger partial charge in [-0.3, -0.25) is 9.59 Å². The van der Waals surface area contributed by atoms with Crippen LogP contribution in [0, 0.1) is 5.41 Å². The van der Waals surface area contributed by atoms with Gasteiger partial charge in [0.2, 0.25) is 11.8 Å². The Hall–Kier alpha value is -1.89. The first-order chi connectivity index (χ1) is 12.1. The second-order valence-corrected chi connectivity index (χ2v) is 7.64. The van der Waals surface area contributed by atoms with Crippen molar-refractivity contribution in [3.8, 4) is 0 Å². The average Bonchev–Trinajstić information content (AvgIpc) is 3.13. The maximum Gasteiger partial charge on any atom is 0.246 e. The third-order valence-electron chi connectivity index (χ3n) is 6.26. The summed E-state index contributed by atoms with van der Waals surface area (Å²) in [5, 5.41) is 3.32. The molecule has 1 atom stereocenters. The molecule has 1 aromatic heterocycles. The number of aromatic nitrogens is 2. The minimum atomic E-state index is -0.316. The molecular formula is C18H27N5O2. The molecule has 3 aliphatic rings. The zero-order valence-corrected chi connectivity index (χ0v) is 14.9. The lowest BCUT2D eigenvalue weighted by atomic mass is 9.72. The van der Waals surface area contributed by atoms with E-state index in [1.54, 1.807) is 6.33 Å². The number of likely N-dealkylation sites (tertiary alicyclic amines) is 2. The van der Waals surface area contributed by atoms with Crippen molar-refractivity contribution in [2.75, 3.05) is 32.7 Å². The molecule has 136 valence electrons. The van der Waals surface area contributed by atoms with Gasteiger partial charge in [0.1, 0.15) is 6.04 Å². The van der Waals surface area contributed by atoms with E-state index in [-0.39, 0.29) is 23.3 Å². The molecule has 2 fully saturated rings. The number of nitrogens with one attached hydrogen (secondary N) is 2. The number of carbonyl (C=O) groups is 2. The molecule has 7 nitrogen and oxygen atoms in total. The Bertz CT molecular complexity index is 662. The first-order valence-corrected chi connectivity index (χ1v) is 9.44. The van der Waals surface area contributed by atoms with E-state index >= 15 is 0 Å². The van der Waals surface area contributed by atoms with E-state index in [1.165, 1.54) is 0 Å². The van der Waals surface area contributed by atoms with Crippen LogP contribution < -0.4 is 5.32 Å². The van der Waals surface area contributed by atoms with Gasteiger partial charge < -0.3 is 20.1 Å². The first kappa shape index (κ1) is 16.6. The molecule has 4 rings (SSSR count). The molecule has 3 aliphatic heterocycles. The normalized spacial score (nSPS) is 26.0. The Morgan fingerprint density at radius 3 is 2.88 bits per heavy atom. The highest BCUT2D eigenvalue weighted by Crippen LogP contribution is 2.40. The third kappa shape index (κ3) is 2.94. The number of imidazole rings is 1. The van der Waals surface area contributed by atoms with Crippen molar-refractivity contribution in [1.29, 1.82) is 0 Å². The number of carbonyl (C=O) groups excluding carboxylic acids is 2. The second kappa shape index (κ2) is 6.44. The Morgan fingerprint density at radius 2 is 2.12 bits per heavy atom. The fraction of sp³-hybridized carbons (Fsp3) is 0.722. The Balaban J connectivity index is 1.41. The largest absolute Gasteiger partial charge is 0.348 e. The zero-order chi connectivity index (χ0) is 17.4. The molecule has 2 saturated heterocycles. The van der Waals surface area contributed by atoms with Crippen molar-refractivity contribution >= 4 is 11.8 Å². The van der Waals surface area contributed by atoms with E-state index in [0.29, 0.717) is 6.42 Å². The lowest BCUT2D eigenvalue weighted by molar-refractivity contribution is -0.143. The third-order valence-corrected chi connectivity index (χ3v) is 6.26. The van der Waals surface area contributed by atoms with Gasteiger partial charge >= 0.3 is 0 Å². The van der Waals surface area contributed by atoms with Gasteiger partial charge in [-0.25, -0.2) is 4.98 Å². The molecule has 0 unspecified atom stereocenters. The highest BCUT2D eigenvalue weighted by atomic mass is 16.2. The van der Waals surface area contributed by atoms with Crippen molar-refractivity contribution in [1.82, 2.24) is 25.1 Å². The number of H-pyrrole nitrogens is 1. The van der Waals surface area contributed by atoms with Crippen molar-refractivity contribution in [3.05, 3.63) is 17.7 Å². The summed E-state index contributed by atoms with van der Waals surface area (Å²) < 4.78 is 0. The van der Waals surface area contributed by atoms with Crippen LogP contribution in [0.2, 0.25) is 0 Å². The molecule has 0 saturated carbocycles. The summed E-state index contributed by atoms with van der Waals surface area (Å²) in [5.74, 6) is 0.422. The van der Waals surface area contributed by atoms with Gasteiger partial charge in [0.15, 0.2) is 0 Å². The maximum absolute atomic E-state index is 13.0. The molecule has 1 aromatic rings. The summed E-state index contributed by atoms with van der Waals surface area (Å²) in [7, 11) is 0. The predicted octanol–water partition coefficient (Wildman–Crippen LogP) is 0.848. The number of nitrogens with zero attached hydrogens (tertiary/aromatic N) is 3. The van der Waals surface area contributed by atoms with Crippen LogP contribution in [0.4, 0.5) is 0 Å². The van der Waals surface area contributed by atoms with Crippen molar-refractivity contribution in [3.63, 3.8) is 0 Å². The van der Waals surface area contributed by atoms with Crippen LogP contribution in [0.3, 0.4) is 0 Å². The monoisotopic (exact) mass is 345 g/mol. The Kier molecular flexibility index (Phi) is 4.27. The van der Waals surface area contributed by atoms with Crippen molar-refractivity contribution in [2.45, 2.75) is 45.1 Å². The van der Waals surface area contributed by atoms with Crippen LogP contribution in [-0.4, -0.2) is 64.3 Å². The number of amides is 2. The molecule has 25 heavy (non-hydrogen) atoms. The van der Waals surface area contributed by atoms with Crippen molar-refractivity contribution < 1.29 is 9.59 Å². The number of piperidine rings is 2. The molecule has 4 heterocycles. The quantitative estimate of drug-likeness (QED) is 0.833. The number of hydrogen-bond acceptors (Lipinski definition) is 4. The molecule has 2 amide bonds.